The first-order valence-corrected chi connectivity index (χ1v) is 6.09. The van der Waals surface area contributed by atoms with Gasteiger partial charge in [0.15, 0.2) is 0 Å². The monoisotopic (exact) mass is 253 g/mol. The molecule has 0 aliphatic heterocycles. The lowest BCUT2D eigenvalue weighted by Crippen LogP contribution is -2.41. The van der Waals surface area contributed by atoms with Crippen molar-refractivity contribution in [3.8, 4) is 0 Å². The van der Waals surface area contributed by atoms with Crippen LogP contribution in [0.25, 0.3) is 0 Å². The first-order chi connectivity index (χ1) is 8.06. The minimum atomic E-state index is -0.284. The lowest BCUT2D eigenvalue weighted by atomic mass is 10.0. The molecule has 0 unspecified atom stereocenters. The third-order valence-electron chi connectivity index (χ3n) is 2.63. The third-order valence-corrected chi connectivity index (χ3v) is 3.06. The van der Waals surface area contributed by atoms with E-state index in [0.29, 0.717) is 6.54 Å². The molecule has 94 valence electrons. The van der Waals surface area contributed by atoms with E-state index in [0.717, 1.165) is 10.5 Å². The average molecular weight is 253 g/mol. The van der Waals surface area contributed by atoms with Crippen molar-refractivity contribution in [2.75, 3.05) is 7.11 Å². The second-order valence-electron chi connectivity index (χ2n) is 4.25. The maximum Gasteiger partial charge on any atom is 0.323 e. The van der Waals surface area contributed by atoms with Crippen LogP contribution in [-0.4, -0.2) is 19.1 Å². The Labute approximate surface area is 108 Å². The van der Waals surface area contributed by atoms with Gasteiger partial charge >= 0.3 is 5.97 Å². The molecule has 0 heterocycles. The summed E-state index contributed by atoms with van der Waals surface area (Å²) < 4.78 is 4.77. The zero-order valence-corrected chi connectivity index (χ0v) is 11.3. The lowest BCUT2D eigenvalue weighted by Gasteiger charge is -2.20. The number of ether oxygens (including phenoxy) is 1. The molecule has 0 radical (unpaired) electrons. The Morgan fingerprint density at radius 1 is 1.41 bits per heavy atom. The van der Waals surface area contributed by atoms with E-state index in [9.17, 15) is 4.79 Å². The van der Waals surface area contributed by atoms with Crippen molar-refractivity contribution in [2.24, 2.45) is 5.92 Å². The normalized spacial score (nSPS) is 12.5. The van der Waals surface area contributed by atoms with E-state index in [2.05, 4.69) is 17.9 Å². The van der Waals surface area contributed by atoms with Crippen LogP contribution in [0.15, 0.2) is 29.2 Å². The second kappa shape index (κ2) is 6.67. The number of rotatable bonds is 5. The zero-order valence-electron chi connectivity index (χ0n) is 10.4. The molecule has 1 atom stereocenters. The molecule has 0 aromatic heterocycles. The standard InChI is InChI=1S/C13H19NO2S/c1-9(2)12(13(15)16-3)14-8-10-6-4-5-7-11(10)17/h4-7,9,12,14,17H,8H2,1-3H3/t12-/m0/s1. The third kappa shape index (κ3) is 4.06. The topological polar surface area (TPSA) is 38.3 Å². The highest BCUT2D eigenvalue weighted by atomic mass is 32.1. The van der Waals surface area contributed by atoms with Gasteiger partial charge in [0.25, 0.3) is 0 Å². The van der Waals surface area contributed by atoms with Crippen LogP contribution in [0.2, 0.25) is 0 Å². The number of hydrogen-bond acceptors (Lipinski definition) is 4. The summed E-state index contributed by atoms with van der Waals surface area (Å²) in [7, 11) is 1.41. The number of thiol groups is 1. The van der Waals surface area contributed by atoms with Gasteiger partial charge in [0.1, 0.15) is 6.04 Å². The number of esters is 1. The van der Waals surface area contributed by atoms with Crippen LogP contribution in [0.5, 0.6) is 0 Å². The molecule has 1 aromatic rings. The van der Waals surface area contributed by atoms with Gasteiger partial charge in [0.2, 0.25) is 0 Å². The molecule has 1 aromatic carbocycles. The molecule has 0 aliphatic rings. The molecule has 0 fully saturated rings. The van der Waals surface area contributed by atoms with Gasteiger partial charge in [-0.3, -0.25) is 4.79 Å². The molecular formula is C13H19NO2S. The first kappa shape index (κ1) is 14.1. The van der Waals surface area contributed by atoms with E-state index in [1.54, 1.807) is 0 Å². The molecule has 0 spiro atoms. The molecule has 4 heteroatoms. The van der Waals surface area contributed by atoms with E-state index in [-0.39, 0.29) is 17.9 Å². The van der Waals surface area contributed by atoms with Crippen molar-refractivity contribution in [1.29, 1.82) is 0 Å². The van der Waals surface area contributed by atoms with Gasteiger partial charge in [-0.15, -0.1) is 12.6 Å². The summed E-state index contributed by atoms with van der Waals surface area (Å²) in [4.78, 5) is 12.5. The largest absolute Gasteiger partial charge is 0.468 e. The van der Waals surface area contributed by atoms with Crippen molar-refractivity contribution < 1.29 is 9.53 Å². The number of carbonyl (C=O) groups excluding carboxylic acids is 1. The molecule has 0 bridgehead atoms. The van der Waals surface area contributed by atoms with Crippen LogP contribution in [0.1, 0.15) is 19.4 Å². The fourth-order valence-corrected chi connectivity index (χ4v) is 1.84. The van der Waals surface area contributed by atoms with Gasteiger partial charge in [-0.1, -0.05) is 32.0 Å². The summed E-state index contributed by atoms with van der Waals surface area (Å²) in [6.07, 6.45) is 0. The Morgan fingerprint density at radius 2 is 2.06 bits per heavy atom. The zero-order chi connectivity index (χ0) is 12.8. The minimum absolute atomic E-state index is 0.189. The van der Waals surface area contributed by atoms with Crippen molar-refractivity contribution in [1.82, 2.24) is 5.32 Å². The number of nitrogens with one attached hydrogen (secondary N) is 1. The van der Waals surface area contributed by atoms with Crippen LogP contribution in [0.3, 0.4) is 0 Å². The van der Waals surface area contributed by atoms with Crippen LogP contribution in [0, 0.1) is 5.92 Å². The highest BCUT2D eigenvalue weighted by molar-refractivity contribution is 7.80. The van der Waals surface area contributed by atoms with Gasteiger partial charge in [0, 0.05) is 11.4 Å². The average Bonchev–Trinajstić information content (AvgIpc) is 2.30. The minimum Gasteiger partial charge on any atom is -0.468 e. The fourth-order valence-electron chi connectivity index (χ4n) is 1.60. The van der Waals surface area contributed by atoms with Crippen molar-refractivity contribution in [3.63, 3.8) is 0 Å². The molecular weight excluding hydrogens is 234 g/mol. The van der Waals surface area contributed by atoms with Gasteiger partial charge in [0.05, 0.1) is 7.11 Å². The highest BCUT2D eigenvalue weighted by Gasteiger charge is 2.22. The number of methoxy groups -OCH3 is 1. The Bertz CT molecular complexity index is 379. The molecule has 1 rings (SSSR count). The summed E-state index contributed by atoms with van der Waals surface area (Å²) >= 11 is 4.37. The van der Waals surface area contributed by atoms with E-state index in [4.69, 9.17) is 4.74 Å². The molecule has 0 saturated carbocycles. The first-order valence-electron chi connectivity index (χ1n) is 5.64. The highest BCUT2D eigenvalue weighted by Crippen LogP contribution is 2.13. The number of carbonyl (C=O) groups is 1. The second-order valence-corrected chi connectivity index (χ2v) is 4.74. The molecule has 0 saturated heterocycles. The summed E-state index contributed by atoms with van der Waals surface area (Å²) in [5.41, 5.74) is 1.07. The summed E-state index contributed by atoms with van der Waals surface area (Å²) in [6, 6.07) is 7.53. The predicted molar refractivity (Wildman–Crippen MR) is 71.2 cm³/mol. The SMILES string of the molecule is COC(=O)[C@@H](NCc1ccccc1S)C(C)C. The maximum atomic E-state index is 11.6. The van der Waals surface area contributed by atoms with Crippen molar-refractivity contribution in [3.05, 3.63) is 29.8 Å². The fraction of sp³-hybridized carbons (Fsp3) is 0.462. The van der Waals surface area contributed by atoms with Gasteiger partial charge in [-0.2, -0.15) is 0 Å². The Balaban J connectivity index is 2.64. The maximum absolute atomic E-state index is 11.6. The van der Waals surface area contributed by atoms with E-state index in [1.165, 1.54) is 7.11 Å². The quantitative estimate of drug-likeness (QED) is 0.624. The van der Waals surface area contributed by atoms with Crippen LogP contribution >= 0.6 is 12.6 Å². The molecule has 0 aliphatic carbocycles. The van der Waals surface area contributed by atoms with Crippen LogP contribution in [0.4, 0.5) is 0 Å². The van der Waals surface area contributed by atoms with Crippen molar-refractivity contribution in [2.45, 2.75) is 31.3 Å². The Hall–Kier alpha value is -1.00. The Kier molecular flexibility index (Phi) is 5.51. The summed E-state index contributed by atoms with van der Waals surface area (Å²) in [5, 5.41) is 3.20. The molecule has 3 nitrogen and oxygen atoms in total. The molecule has 0 amide bonds. The number of hydrogen-bond donors (Lipinski definition) is 2. The summed E-state index contributed by atoms with van der Waals surface area (Å²) in [6.45, 7) is 4.58. The van der Waals surface area contributed by atoms with Gasteiger partial charge < -0.3 is 10.1 Å². The molecule has 17 heavy (non-hydrogen) atoms. The van der Waals surface area contributed by atoms with Gasteiger partial charge in [-0.25, -0.2) is 0 Å². The van der Waals surface area contributed by atoms with E-state index < -0.39 is 0 Å². The van der Waals surface area contributed by atoms with E-state index in [1.807, 2.05) is 38.1 Å². The van der Waals surface area contributed by atoms with Crippen LogP contribution < -0.4 is 5.32 Å². The van der Waals surface area contributed by atoms with Crippen LogP contribution in [-0.2, 0) is 16.1 Å². The van der Waals surface area contributed by atoms with Crippen molar-refractivity contribution >= 4 is 18.6 Å². The van der Waals surface area contributed by atoms with E-state index >= 15 is 0 Å². The predicted octanol–water partition coefficient (Wildman–Crippen LogP) is 2.26. The molecule has 1 N–H and O–H groups in total. The number of benzene rings is 1. The smallest absolute Gasteiger partial charge is 0.323 e. The Morgan fingerprint density at radius 3 is 2.59 bits per heavy atom. The lowest BCUT2D eigenvalue weighted by molar-refractivity contribution is -0.144. The summed E-state index contributed by atoms with van der Waals surface area (Å²) in [5.74, 6) is -0.0359. The van der Waals surface area contributed by atoms with Gasteiger partial charge in [-0.05, 0) is 17.5 Å².